The third-order valence-corrected chi connectivity index (χ3v) is 5.30. The average Bonchev–Trinajstić information content (AvgIpc) is 2.73. The molecule has 146 valence electrons. The number of halogens is 1. The Balaban J connectivity index is 1.26. The van der Waals surface area contributed by atoms with Crippen molar-refractivity contribution < 1.29 is 4.74 Å². The van der Waals surface area contributed by atoms with Gasteiger partial charge < -0.3 is 4.74 Å². The Morgan fingerprint density at radius 2 is 1.68 bits per heavy atom. The molecular formula is C21H23ClN4O2. The summed E-state index contributed by atoms with van der Waals surface area (Å²) in [7, 11) is 0. The van der Waals surface area contributed by atoms with Gasteiger partial charge in [-0.2, -0.15) is 5.10 Å². The van der Waals surface area contributed by atoms with Gasteiger partial charge >= 0.3 is 0 Å². The lowest BCUT2D eigenvalue weighted by Crippen LogP contribution is -2.48. The van der Waals surface area contributed by atoms with E-state index in [1.807, 2.05) is 48.5 Å². The van der Waals surface area contributed by atoms with Crippen molar-refractivity contribution >= 4 is 22.4 Å². The van der Waals surface area contributed by atoms with Crippen LogP contribution in [0.5, 0.6) is 5.75 Å². The fraction of sp³-hybridized carbons (Fsp3) is 0.333. The Morgan fingerprint density at radius 1 is 0.964 bits per heavy atom. The predicted molar refractivity (Wildman–Crippen MR) is 111 cm³/mol. The van der Waals surface area contributed by atoms with Crippen LogP contribution in [0.15, 0.2) is 59.5 Å². The fourth-order valence-corrected chi connectivity index (χ4v) is 3.52. The minimum absolute atomic E-state index is 0.0307. The molecule has 6 nitrogen and oxygen atoms in total. The largest absolute Gasteiger partial charge is 0.492 e. The molecule has 0 atom stereocenters. The predicted octanol–water partition coefficient (Wildman–Crippen LogP) is 2.70. The van der Waals surface area contributed by atoms with Crippen molar-refractivity contribution in [2.75, 3.05) is 39.3 Å². The van der Waals surface area contributed by atoms with E-state index in [0.717, 1.165) is 49.2 Å². The summed E-state index contributed by atoms with van der Waals surface area (Å²) in [5, 5.41) is 6.64. The number of fused-ring (bicyclic) bond motifs is 1. The van der Waals surface area contributed by atoms with Gasteiger partial charge in [-0.25, -0.2) is 4.68 Å². The number of nitrogens with zero attached hydrogens (tertiary/aromatic N) is 4. The summed E-state index contributed by atoms with van der Waals surface area (Å²) in [6, 6.07) is 15.0. The van der Waals surface area contributed by atoms with Crippen molar-refractivity contribution in [1.82, 2.24) is 19.6 Å². The second-order valence-electron chi connectivity index (χ2n) is 6.94. The molecule has 2 aromatic carbocycles. The number of aromatic nitrogens is 2. The highest BCUT2D eigenvalue weighted by Crippen LogP contribution is 2.15. The van der Waals surface area contributed by atoms with E-state index in [4.69, 9.17) is 16.3 Å². The molecule has 0 amide bonds. The number of ether oxygens (including phenoxy) is 1. The van der Waals surface area contributed by atoms with E-state index in [2.05, 4.69) is 14.9 Å². The molecule has 28 heavy (non-hydrogen) atoms. The quantitative estimate of drug-likeness (QED) is 0.639. The molecule has 1 fully saturated rings. The first kappa shape index (κ1) is 18.9. The first-order chi connectivity index (χ1) is 13.7. The Morgan fingerprint density at radius 3 is 2.46 bits per heavy atom. The molecule has 2 heterocycles. The van der Waals surface area contributed by atoms with Crippen LogP contribution in [0.25, 0.3) is 10.8 Å². The zero-order valence-electron chi connectivity index (χ0n) is 15.6. The number of hydrogen-bond acceptors (Lipinski definition) is 5. The van der Waals surface area contributed by atoms with Crippen LogP contribution in [0.4, 0.5) is 0 Å². The third kappa shape index (κ3) is 4.52. The summed E-state index contributed by atoms with van der Waals surface area (Å²) in [5.74, 6) is 0.838. The first-order valence-electron chi connectivity index (χ1n) is 9.47. The Kier molecular flexibility index (Phi) is 5.90. The lowest BCUT2D eigenvalue weighted by molar-refractivity contribution is 0.0913. The van der Waals surface area contributed by atoms with Gasteiger partial charge in [-0.05, 0) is 30.3 Å². The Hall–Kier alpha value is -2.41. The maximum Gasteiger partial charge on any atom is 0.275 e. The number of hydrogen-bond donors (Lipinski definition) is 0. The van der Waals surface area contributed by atoms with Crippen molar-refractivity contribution in [3.63, 3.8) is 0 Å². The molecule has 0 N–H and O–H groups in total. The van der Waals surface area contributed by atoms with E-state index in [-0.39, 0.29) is 5.56 Å². The van der Waals surface area contributed by atoms with Crippen LogP contribution in [0.2, 0.25) is 5.02 Å². The van der Waals surface area contributed by atoms with Gasteiger partial charge in [-0.3, -0.25) is 14.6 Å². The van der Waals surface area contributed by atoms with Gasteiger partial charge in [0.1, 0.15) is 12.4 Å². The normalized spacial score (nSPS) is 15.8. The third-order valence-electron chi connectivity index (χ3n) is 5.05. The molecule has 1 saturated heterocycles. The molecule has 0 unspecified atom stereocenters. The first-order valence-corrected chi connectivity index (χ1v) is 9.85. The van der Waals surface area contributed by atoms with Crippen molar-refractivity contribution in [1.29, 1.82) is 0 Å². The summed E-state index contributed by atoms with van der Waals surface area (Å²) in [6.07, 6.45) is 1.76. The zero-order valence-corrected chi connectivity index (χ0v) is 16.4. The number of piperazine rings is 1. The smallest absolute Gasteiger partial charge is 0.275 e. The van der Waals surface area contributed by atoms with Gasteiger partial charge in [0.2, 0.25) is 0 Å². The minimum atomic E-state index is -0.0307. The topological polar surface area (TPSA) is 50.6 Å². The van der Waals surface area contributed by atoms with Crippen LogP contribution in [0.1, 0.15) is 0 Å². The van der Waals surface area contributed by atoms with Crippen molar-refractivity contribution in [2.45, 2.75) is 6.67 Å². The molecule has 1 aliphatic rings. The van der Waals surface area contributed by atoms with Crippen LogP contribution in [-0.2, 0) is 6.67 Å². The lowest BCUT2D eigenvalue weighted by atomic mass is 10.2. The van der Waals surface area contributed by atoms with E-state index in [9.17, 15) is 4.79 Å². The Bertz CT molecular complexity index is 982. The average molecular weight is 399 g/mol. The standard InChI is InChI=1S/C21H23ClN4O2/c22-18-5-7-19(8-6-18)28-14-13-24-9-11-25(12-10-24)16-26-21(27)20-4-2-1-3-17(20)15-23-26/h1-8,15H,9-14,16H2. The highest BCUT2D eigenvalue weighted by Gasteiger charge is 2.18. The summed E-state index contributed by atoms with van der Waals surface area (Å²) in [5.41, 5.74) is -0.0307. The van der Waals surface area contributed by atoms with Crippen LogP contribution < -0.4 is 10.3 Å². The molecule has 4 rings (SSSR count). The molecule has 1 aliphatic heterocycles. The van der Waals surface area contributed by atoms with Crippen LogP contribution in [0.3, 0.4) is 0 Å². The van der Waals surface area contributed by atoms with Crippen molar-refractivity contribution in [2.24, 2.45) is 0 Å². The van der Waals surface area contributed by atoms with Gasteiger partial charge in [-0.1, -0.05) is 29.8 Å². The van der Waals surface area contributed by atoms with Crippen LogP contribution >= 0.6 is 11.6 Å². The van der Waals surface area contributed by atoms with E-state index in [0.29, 0.717) is 18.3 Å². The lowest BCUT2D eigenvalue weighted by Gasteiger charge is -2.34. The van der Waals surface area contributed by atoms with Crippen LogP contribution in [-0.4, -0.2) is 58.9 Å². The maximum absolute atomic E-state index is 12.6. The van der Waals surface area contributed by atoms with Gasteiger partial charge in [0.05, 0.1) is 18.3 Å². The van der Waals surface area contributed by atoms with E-state index in [1.54, 1.807) is 10.9 Å². The summed E-state index contributed by atoms with van der Waals surface area (Å²) >= 11 is 5.88. The molecule has 0 saturated carbocycles. The number of rotatable bonds is 6. The van der Waals surface area contributed by atoms with Crippen LogP contribution in [0, 0.1) is 0 Å². The second-order valence-corrected chi connectivity index (χ2v) is 7.38. The molecule has 3 aromatic rings. The summed E-state index contributed by atoms with van der Waals surface area (Å²) in [4.78, 5) is 17.2. The minimum Gasteiger partial charge on any atom is -0.492 e. The van der Waals surface area contributed by atoms with Gasteiger partial charge in [0, 0.05) is 43.1 Å². The SMILES string of the molecule is O=c1c2ccccc2cnn1CN1CCN(CCOc2ccc(Cl)cc2)CC1. The second kappa shape index (κ2) is 8.73. The van der Waals surface area contributed by atoms with Gasteiger partial charge in [0.25, 0.3) is 5.56 Å². The fourth-order valence-electron chi connectivity index (χ4n) is 3.40. The van der Waals surface area contributed by atoms with E-state index in [1.165, 1.54) is 0 Å². The molecule has 1 aromatic heterocycles. The summed E-state index contributed by atoms with van der Waals surface area (Å²) < 4.78 is 7.33. The summed E-state index contributed by atoms with van der Waals surface area (Å²) in [6.45, 7) is 5.76. The zero-order chi connectivity index (χ0) is 19.3. The highest BCUT2D eigenvalue weighted by atomic mass is 35.5. The highest BCUT2D eigenvalue weighted by molar-refractivity contribution is 6.30. The van der Waals surface area contributed by atoms with Gasteiger partial charge in [0.15, 0.2) is 0 Å². The molecule has 0 aliphatic carbocycles. The van der Waals surface area contributed by atoms with Crippen molar-refractivity contribution in [3.05, 3.63) is 70.1 Å². The van der Waals surface area contributed by atoms with E-state index < -0.39 is 0 Å². The maximum atomic E-state index is 12.6. The van der Waals surface area contributed by atoms with Crippen molar-refractivity contribution in [3.8, 4) is 5.75 Å². The molecular weight excluding hydrogens is 376 g/mol. The van der Waals surface area contributed by atoms with Gasteiger partial charge in [-0.15, -0.1) is 0 Å². The molecule has 0 spiro atoms. The number of benzene rings is 2. The molecule has 7 heteroatoms. The molecule has 0 radical (unpaired) electrons. The Labute approximate surface area is 168 Å². The van der Waals surface area contributed by atoms with E-state index >= 15 is 0 Å². The molecule has 0 bridgehead atoms. The monoisotopic (exact) mass is 398 g/mol.